The molecule has 0 aliphatic heterocycles. The first-order valence-electron chi connectivity index (χ1n) is 5.63. The standard InChI is InChI=1S/C15H8F2O3/c16-14(19)11-5-1-9(2-6-11)13(18)10-3-7-12(8-4-10)15(17)20/h1-8H. The first-order valence-corrected chi connectivity index (χ1v) is 5.63. The monoisotopic (exact) mass is 274 g/mol. The molecule has 100 valence electrons. The zero-order chi connectivity index (χ0) is 14.7. The average Bonchev–Trinajstić information content (AvgIpc) is 2.46. The van der Waals surface area contributed by atoms with E-state index in [9.17, 15) is 23.2 Å². The Bertz CT molecular complexity index is 614. The van der Waals surface area contributed by atoms with Crippen LogP contribution < -0.4 is 0 Å². The van der Waals surface area contributed by atoms with E-state index in [1.165, 1.54) is 48.5 Å². The highest BCUT2D eigenvalue weighted by Crippen LogP contribution is 2.13. The zero-order valence-electron chi connectivity index (χ0n) is 10.1. The van der Waals surface area contributed by atoms with Crippen LogP contribution in [0.5, 0.6) is 0 Å². The summed E-state index contributed by atoms with van der Waals surface area (Å²) >= 11 is 0. The van der Waals surface area contributed by atoms with Gasteiger partial charge in [0.1, 0.15) is 0 Å². The van der Waals surface area contributed by atoms with Gasteiger partial charge in [0.05, 0.1) is 11.1 Å². The summed E-state index contributed by atoms with van der Waals surface area (Å²) < 4.78 is 24.8. The molecule has 0 aliphatic rings. The van der Waals surface area contributed by atoms with Crippen molar-refractivity contribution >= 4 is 17.9 Å². The van der Waals surface area contributed by atoms with Gasteiger partial charge in [0.2, 0.25) is 0 Å². The van der Waals surface area contributed by atoms with Gasteiger partial charge < -0.3 is 0 Å². The largest absolute Gasteiger partial charge is 0.332 e. The topological polar surface area (TPSA) is 51.2 Å². The van der Waals surface area contributed by atoms with Crippen LogP contribution >= 0.6 is 0 Å². The van der Waals surface area contributed by atoms with Gasteiger partial charge in [-0.05, 0) is 24.3 Å². The van der Waals surface area contributed by atoms with E-state index in [0.29, 0.717) is 0 Å². The number of hydrogen-bond acceptors (Lipinski definition) is 3. The van der Waals surface area contributed by atoms with Crippen LogP contribution in [-0.2, 0) is 0 Å². The lowest BCUT2D eigenvalue weighted by molar-refractivity contribution is 0.0826. The van der Waals surface area contributed by atoms with Crippen molar-refractivity contribution in [1.82, 2.24) is 0 Å². The highest BCUT2D eigenvalue weighted by molar-refractivity contribution is 6.09. The van der Waals surface area contributed by atoms with Gasteiger partial charge in [-0.1, -0.05) is 24.3 Å². The first-order chi connectivity index (χ1) is 9.49. The number of hydrogen-bond donors (Lipinski definition) is 0. The molecule has 2 aromatic rings. The van der Waals surface area contributed by atoms with E-state index in [1.807, 2.05) is 0 Å². The van der Waals surface area contributed by atoms with E-state index in [4.69, 9.17) is 0 Å². The van der Waals surface area contributed by atoms with E-state index in [0.717, 1.165) is 0 Å². The van der Waals surface area contributed by atoms with Gasteiger partial charge in [-0.2, -0.15) is 8.78 Å². The SMILES string of the molecule is O=C(F)c1ccc(C(=O)c2ccc(C(=O)F)cc2)cc1. The molecule has 0 heterocycles. The van der Waals surface area contributed by atoms with E-state index >= 15 is 0 Å². The Morgan fingerprint density at radius 2 is 0.800 bits per heavy atom. The summed E-state index contributed by atoms with van der Waals surface area (Å²) in [6.45, 7) is 0. The lowest BCUT2D eigenvalue weighted by Gasteiger charge is -2.02. The van der Waals surface area contributed by atoms with Crippen molar-refractivity contribution in [3.05, 3.63) is 70.8 Å². The quantitative estimate of drug-likeness (QED) is 0.635. The molecule has 2 aromatic carbocycles. The number of rotatable bonds is 4. The van der Waals surface area contributed by atoms with Gasteiger partial charge in [-0.25, -0.2) is 0 Å². The van der Waals surface area contributed by atoms with Crippen LogP contribution in [0, 0.1) is 0 Å². The van der Waals surface area contributed by atoms with E-state index in [2.05, 4.69) is 0 Å². The molecule has 5 heteroatoms. The van der Waals surface area contributed by atoms with Crippen molar-refractivity contribution in [2.24, 2.45) is 0 Å². The van der Waals surface area contributed by atoms with Crippen LogP contribution in [0.15, 0.2) is 48.5 Å². The maximum absolute atomic E-state index is 12.4. The van der Waals surface area contributed by atoms with Gasteiger partial charge in [0.25, 0.3) is 0 Å². The molecule has 0 amide bonds. The van der Waals surface area contributed by atoms with Crippen molar-refractivity contribution in [2.75, 3.05) is 0 Å². The fourth-order valence-corrected chi connectivity index (χ4v) is 1.67. The predicted octanol–water partition coefficient (Wildman–Crippen LogP) is 3.14. The van der Waals surface area contributed by atoms with E-state index < -0.39 is 12.1 Å². The van der Waals surface area contributed by atoms with Crippen LogP contribution in [0.1, 0.15) is 36.6 Å². The summed E-state index contributed by atoms with van der Waals surface area (Å²) in [7, 11) is 0. The van der Waals surface area contributed by atoms with Gasteiger partial charge in [0, 0.05) is 11.1 Å². The molecule has 0 radical (unpaired) electrons. The second-order valence-electron chi connectivity index (χ2n) is 4.03. The maximum Gasteiger partial charge on any atom is 0.332 e. The second kappa shape index (κ2) is 5.52. The molecule has 0 N–H and O–H groups in total. The van der Waals surface area contributed by atoms with E-state index in [1.54, 1.807) is 0 Å². The fraction of sp³-hybridized carbons (Fsp3) is 0. The molecule has 20 heavy (non-hydrogen) atoms. The lowest BCUT2D eigenvalue weighted by atomic mass is 10.0. The van der Waals surface area contributed by atoms with Crippen molar-refractivity contribution < 1.29 is 23.2 Å². The zero-order valence-corrected chi connectivity index (χ0v) is 10.1. The first kappa shape index (κ1) is 13.7. The van der Waals surface area contributed by atoms with Crippen LogP contribution in [-0.4, -0.2) is 17.9 Å². The molecule has 0 aliphatic carbocycles. The summed E-state index contributed by atoms with van der Waals surface area (Å²) in [5.74, 6) is -0.374. The molecule has 2 rings (SSSR count). The number of ketones is 1. The van der Waals surface area contributed by atoms with E-state index in [-0.39, 0.29) is 28.0 Å². The molecule has 3 nitrogen and oxygen atoms in total. The normalized spacial score (nSPS) is 10.1. The van der Waals surface area contributed by atoms with Gasteiger partial charge in [-0.3, -0.25) is 14.4 Å². The molecule has 0 saturated heterocycles. The van der Waals surface area contributed by atoms with Crippen molar-refractivity contribution in [1.29, 1.82) is 0 Å². The van der Waals surface area contributed by atoms with Crippen molar-refractivity contribution in [2.45, 2.75) is 0 Å². The molecule has 0 unspecified atom stereocenters. The van der Waals surface area contributed by atoms with Crippen LogP contribution in [0.2, 0.25) is 0 Å². The number of benzene rings is 2. The number of carbonyl (C=O) groups excluding carboxylic acids is 3. The summed E-state index contributed by atoms with van der Waals surface area (Å²) in [6, 6.07) is 6.96. The summed E-state index contributed by atoms with van der Waals surface area (Å²) in [5.41, 5.74) is 0.239. The molecule has 0 atom stereocenters. The number of carbonyl (C=O) groups is 3. The molecule has 0 aromatic heterocycles. The fourth-order valence-electron chi connectivity index (χ4n) is 1.67. The van der Waals surface area contributed by atoms with Crippen LogP contribution in [0.4, 0.5) is 8.78 Å². The van der Waals surface area contributed by atoms with Crippen molar-refractivity contribution in [3.8, 4) is 0 Å². The smallest absolute Gasteiger partial charge is 0.289 e. The Hall–Kier alpha value is -2.69. The summed E-state index contributed by atoms with van der Waals surface area (Å²) in [4.78, 5) is 33.0. The minimum absolute atomic E-state index is 0.139. The average molecular weight is 274 g/mol. The molecular weight excluding hydrogens is 266 g/mol. The summed E-state index contributed by atoms with van der Waals surface area (Å²) in [6.07, 6.45) is 0. The minimum Gasteiger partial charge on any atom is -0.289 e. The van der Waals surface area contributed by atoms with Crippen LogP contribution in [0.25, 0.3) is 0 Å². The Balaban J connectivity index is 2.26. The Kier molecular flexibility index (Phi) is 3.79. The predicted molar refractivity (Wildman–Crippen MR) is 67.2 cm³/mol. The highest BCUT2D eigenvalue weighted by atomic mass is 19.1. The molecule has 0 fully saturated rings. The van der Waals surface area contributed by atoms with Gasteiger partial charge in [-0.15, -0.1) is 0 Å². The second-order valence-corrected chi connectivity index (χ2v) is 4.03. The third kappa shape index (κ3) is 2.83. The molecule has 0 bridgehead atoms. The third-order valence-corrected chi connectivity index (χ3v) is 2.75. The summed E-state index contributed by atoms with van der Waals surface area (Å²) in [5, 5.41) is 0. The van der Waals surface area contributed by atoms with Crippen LogP contribution in [0.3, 0.4) is 0 Å². The van der Waals surface area contributed by atoms with Gasteiger partial charge >= 0.3 is 12.1 Å². The lowest BCUT2D eigenvalue weighted by Crippen LogP contribution is -2.02. The van der Waals surface area contributed by atoms with Gasteiger partial charge in [0.15, 0.2) is 5.78 Å². The minimum atomic E-state index is -1.57. The molecule has 0 spiro atoms. The third-order valence-electron chi connectivity index (χ3n) is 2.75. The maximum atomic E-state index is 12.4. The molecule has 0 saturated carbocycles. The Morgan fingerprint density at radius 3 is 1.05 bits per heavy atom. The Morgan fingerprint density at radius 1 is 0.550 bits per heavy atom. The Labute approximate surface area is 112 Å². The number of halogens is 2. The highest BCUT2D eigenvalue weighted by Gasteiger charge is 2.11. The van der Waals surface area contributed by atoms with Crippen molar-refractivity contribution in [3.63, 3.8) is 0 Å². The molecular formula is C15H8F2O3.